The molecule has 1 aliphatic rings. The molecule has 1 fully saturated rings. The van der Waals surface area contributed by atoms with Crippen molar-refractivity contribution in [1.82, 2.24) is 4.90 Å². The van der Waals surface area contributed by atoms with Crippen LogP contribution in [0, 0.1) is 0 Å². The van der Waals surface area contributed by atoms with Crippen molar-refractivity contribution in [2.24, 2.45) is 0 Å². The van der Waals surface area contributed by atoms with Crippen molar-refractivity contribution >= 4 is 44.6 Å². The summed E-state index contributed by atoms with van der Waals surface area (Å²) in [5, 5.41) is 3.04. The van der Waals surface area contributed by atoms with Gasteiger partial charge in [0.2, 0.25) is 0 Å². The van der Waals surface area contributed by atoms with Crippen molar-refractivity contribution in [3.05, 3.63) is 30.3 Å². The second-order valence-corrected chi connectivity index (χ2v) is 8.09. The fourth-order valence-electron chi connectivity index (χ4n) is 1.88. The number of nitrogens with one attached hydrogen (secondary N) is 1. The molecule has 0 radical (unpaired) electrons. The zero-order valence-electron chi connectivity index (χ0n) is 10.6. The molecule has 1 saturated heterocycles. The van der Waals surface area contributed by atoms with Crippen LogP contribution in [0.1, 0.15) is 0 Å². The zero-order valence-corrected chi connectivity index (χ0v) is 13.0. The normalized spacial score (nSPS) is 20.1. The van der Waals surface area contributed by atoms with Gasteiger partial charge in [-0.1, -0.05) is 18.2 Å². The lowest BCUT2D eigenvalue weighted by molar-refractivity contribution is 0.416. The minimum Gasteiger partial charge on any atom is -0.333 e. The number of hydrogen-bond donors (Lipinski definition) is 1. The first-order valence-electron chi connectivity index (χ1n) is 5.88. The van der Waals surface area contributed by atoms with Gasteiger partial charge < -0.3 is 10.2 Å². The summed E-state index contributed by atoms with van der Waals surface area (Å²) >= 11 is 6.99. The van der Waals surface area contributed by atoms with Crippen molar-refractivity contribution in [3.63, 3.8) is 0 Å². The van der Waals surface area contributed by atoms with Crippen LogP contribution in [0.15, 0.2) is 30.3 Å². The lowest BCUT2D eigenvalue weighted by Gasteiger charge is -2.36. The SMILES string of the molecule is CS(=O)(=O)C1CSCCN1C(=S)Nc1ccccc1. The standard InChI is InChI=1S/C12H16N2O2S3/c1-19(15,16)11-9-18-8-7-14(11)12(17)13-10-5-3-2-4-6-10/h2-6,11H,7-9H2,1H3,(H,13,17). The van der Waals surface area contributed by atoms with Gasteiger partial charge in [-0.15, -0.1) is 0 Å². The van der Waals surface area contributed by atoms with Crippen LogP contribution in [0.2, 0.25) is 0 Å². The molecule has 0 amide bonds. The molecule has 1 aromatic rings. The van der Waals surface area contributed by atoms with Crippen LogP contribution in [0.25, 0.3) is 0 Å². The molecule has 1 heterocycles. The molecule has 0 saturated carbocycles. The van der Waals surface area contributed by atoms with Gasteiger partial charge in [-0.25, -0.2) is 8.42 Å². The second kappa shape index (κ2) is 6.11. The van der Waals surface area contributed by atoms with E-state index in [0.717, 1.165) is 11.4 Å². The molecule has 0 aromatic heterocycles. The largest absolute Gasteiger partial charge is 0.333 e. The number of rotatable bonds is 2. The Morgan fingerprint density at radius 3 is 2.74 bits per heavy atom. The van der Waals surface area contributed by atoms with Crippen LogP contribution in [0.5, 0.6) is 0 Å². The summed E-state index contributed by atoms with van der Waals surface area (Å²) in [7, 11) is -3.13. The van der Waals surface area contributed by atoms with Crippen LogP contribution < -0.4 is 5.32 Å². The van der Waals surface area contributed by atoms with Crippen LogP contribution >= 0.6 is 24.0 Å². The zero-order chi connectivity index (χ0) is 13.9. The van der Waals surface area contributed by atoms with Gasteiger partial charge >= 0.3 is 0 Å². The Balaban J connectivity index is 2.12. The quantitative estimate of drug-likeness (QED) is 0.840. The van der Waals surface area contributed by atoms with Crippen molar-refractivity contribution in [2.75, 3.05) is 29.6 Å². The van der Waals surface area contributed by atoms with Gasteiger partial charge in [0.15, 0.2) is 14.9 Å². The summed E-state index contributed by atoms with van der Waals surface area (Å²) in [5.41, 5.74) is 0.873. The maximum atomic E-state index is 11.8. The molecule has 1 atom stereocenters. The maximum absolute atomic E-state index is 11.8. The van der Waals surface area contributed by atoms with Gasteiger partial charge in [0.05, 0.1) is 0 Å². The average Bonchev–Trinajstić information content (AvgIpc) is 2.39. The molecule has 1 N–H and O–H groups in total. The van der Waals surface area contributed by atoms with Gasteiger partial charge in [0.1, 0.15) is 5.37 Å². The van der Waals surface area contributed by atoms with E-state index >= 15 is 0 Å². The Hall–Kier alpha value is -0.790. The molecule has 19 heavy (non-hydrogen) atoms. The predicted octanol–water partition coefficient (Wildman–Crippen LogP) is 1.80. The molecular formula is C12H16N2O2S3. The number of anilines is 1. The third-order valence-electron chi connectivity index (χ3n) is 2.86. The molecule has 1 unspecified atom stereocenters. The Labute approximate surface area is 123 Å². The average molecular weight is 316 g/mol. The molecule has 2 rings (SSSR count). The van der Waals surface area contributed by atoms with Crippen molar-refractivity contribution in [3.8, 4) is 0 Å². The van der Waals surface area contributed by atoms with Crippen LogP contribution in [0.3, 0.4) is 0 Å². The van der Waals surface area contributed by atoms with Crippen molar-refractivity contribution in [1.29, 1.82) is 0 Å². The highest BCUT2D eigenvalue weighted by Gasteiger charge is 2.32. The first-order valence-corrected chi connectivity index (χ1v) is 9.39. The van der Waals surface area contributed by atoms with E-state index in [1.54, 1.807) is 16.7 Å². The predicted molar refractivity (Wildman–Crippen MR) is 85.3 cm³/mol. The van der Waals surface area contributed by atoms with E-state index in [9.17, 15) is 8.42 Å². The molecule has 1 aromatic carbocycles. The summed E-state index contributed by atoms with van der Waals surface area (Å²) in [6, 6.07) is 9.54. The van der Waals surface area contributed by atoms with Crippen molar-refractivity contribution in [2.45, 2.75) is 5.37 Å². The van der Waals surface area contributed by atoms with Gasteiger partial charge in [0.25, 0.3) is 0 Å². The van der Waals surface area contributed by atoms with E-state index in [4.69, 9.17) is 12.2 Å². The highest BCUT2D eigenvalue weighted by atomic mass is 32.2. The van der Waals surface area contributed by atoms with Crippen LogP contribution in [0.4, 0.5) is 5.69 Å². The third-order valence-corrected chi connectivity index (χ3v) is 5.84. The Morgan fingerprint density at radius 1 is 1.42 bits per heavy atom. The van der Waals surface area contributed by atoms with E-state index < -0.39 is 15.2 Å². The highest BCUT2D eigenvalue weighted by Crippen LogP contribution is 2.21. The fraction of sp³-hybridized carbons (Fsp3) is 0.417. The van der Waals surface area contributed by atoms with Crippen LogP contribution in [-0.4, -0.2) is 48.1 Å². The van der Waals surface area contributed by atoms with E-state index in [-0.39, 0.29) is 0 Å². The lowest BCUT2D eigenvalue weighted by Crippen LogP contribution is -2.51. The second-order valence-electron chi connectivity index (χ2n) is 4.35. The summed E-state index contributed by atoms with van der Waals surface area (Å²) in [6.07, 6.45) is 1.27. The van der Waals surface area contributed by atoms with E-state index in [1.165, 1.54) is 6.26 Å². The Bertz CT molecular complexity index is 545. The smallest absolute Gasteiger partial charge is 0.174 e. The molecular weight excluding hydrogens is 300 g/mol. The topological polar surface area (TPSA) is 49.4 Å². The summed E-state index contributed by atoms with van der Waals surface area (Å²) in [5.74, 6) is 1.46. The number of thiocarbonyl (C=S) groups is 1. The number of nitrogens with zero attached hydrogens (tertiary/aromatic N) is 1. The van der Waals surface area contributed by atoms with Gasteiger partial charge in [-0.2, -0.15) is 11.8 Å². The lowest BCUT2D eigenvalue weighted by atomic mass is 10.3. The molecule has 0 spiro atoms. The Morgan fingerprint density at radius 2 is 2.11 bits per heavy atom. The summed E-state index contributed by atoms with van der Waals surface area (Å²) in [6.45, 7) is 0.654. The van der Waals surface area contributed by atoms with Crippen molar-refractivity contribution < 1.29 is 8.42 Å². The van der Waals surface area contributed by atoms with E-state index in [0.29, 0.717) is 17.4 Å². The Kier molecular flexibility index (Phi) is 4.70. The van der Waals surface area contributed by atoms with E-state index in [1.807, 2.05) is 30.3 Å². The molecule has 1 aliphatic heterocycles. The van der Waals surface area contributed by atoms with Gasteiger partial charge in [0, 0.05) is 30.0 Å². The van der Waals surface area contributed by atoms with Gasteiger partial charge in [-0.3, -0.25) is 0 Å². The molecule has 104 valence electrons. The van der Waals surface area contributed by atoms with Crippen LogP contribution in [-0.2, 0) is 9.84 Å². The number of hydrogen-bond acceptors (Lipinski definition) is 4. The fourth-order valence-corrected chi connectivity index (χ4v) is 5.11. The maximum Gasteiger partial charge on any atom is 0.174 e. The highest BCUT2D eigenvalue weighted by molar-refractivity contribution is 8.00. The number of para-hydroxylation sites is 1. The first kappa shape index (κ1) is 14.6. The first-order chi connectivity index (χ1) is 8.98. The minimum absolute atomic E-state index is 0.474. The van der Waals surface area contributed by atoms with Gasteiger partial charge in [-0.05, 0) is 24.4 Å². The number of benzene rings is 1. The molecule has 4 nitrogen and oxygen atoms in total. The summed E-state index contributed by atoms with van der Waals surface area (Å²) < 4.78 is 23.6. The molecule has 0 bridgehead atoms. The number of sulfone groups is 1. The molecule has 0 aliphatic carbocycles. The summed E-state index contributed by atoms with van der Waals surface area (Å²) in [4.78, 5) is 1.77. The van der Waals surface area contributed by atoms with E-state index in [2.05, 4.69) is 5.32 Å². The molecule has 7 heteroatoms. The minimum atomic E-state index is -3.13. The third kappa shape index (κ3) is 3.84. The monoisotopic (exact) mass is 316 g/mol. The number of thioether (sulfide) groups is 1.